The third-order valence-corrected chi connectivity index (χ3v) is 4.54. The van der Waals surface area contributed by atoms with Gasteiger partial charge in [0.05, 0.1) is 6.04 Å². The maximum atomic E-state index is 12.3. The number of rotatable bonds is 5. The van der Waals surface area contributed by atoms with Gasteiger partial charge in [0.25, 0.3) is 0 Å². The molecule has 0 saturated heterocycles. The molecule has 1 heterocycles. The molecule has 0 bridgehead atoms. The van der Waals surface area contributed by atoms with E-state index in [1.165, 1.54) is 0 Å². The van der Waals surface area contributed by atoms with Gasteiger partial charge in [-0.05, 0) is 63.3 Å². The van der Waals surface area contributed by atoms with Crippen LogP contribution >= 0.6 is 0 Å². The molecule has 2 amide bonds. The second kappa shape index (κ2) is 8.27. The molecule has 28 heavy (non-hydrogen) atoms. The number of benzene rings is 2. The van der Waals surface area contributed by atoms with Gasteiger partial charge in [-0.25, -0.2) is 0 Å². The smallest absolute Gasteiger partial charge is 0.313 e. The number of hydrogen-bond acceptors (Lipinski definition) is 4. The molecule has 0 spiro atoms. The van der Waals surface area contributed by atoms with Gasteiger partial charge in [-0.3, -0.25) is 14.5 Å². The highest BCUT2D eigenvalue weighted by atomic mass is 16.3. The molecule has 2 aromatic carbocycles. The zero-order chi connectivity index (χ0) is 20.3. The summed E-state index contributed by atoms with van der Waals surface area (Å²) >= 11 is 0. The van der Waals surface area contributed by atoms with Gasteiger partial charge < -0.3 is 15.1 Å². The first-order chi connectivity index (χ1) is 13.3. The predicted molar refractivity (Wildman–Crippen MR) is 110 cm³/mol. The molecule has 2 N–H and O–H groups in total. The van der Waals surface area contributed by atoms with Crippen molar-refractivity contribution >= 4 is 28.5 Å². The molecule has 0 aliphatic carbocycles. The second-order valence-corrected chi connectivity index (χ2v) is 7.21. The summed E-state index contributed by atoms with van der Waals surface area (Å²) in [6.07, 6.45) is 0. The average molecular weight is 379 g/mol. The number of nitrogens with zero attached hydrogens (tertiary/aromatic N) is 1. The van der Waals surface area contributed by atoms with Gasteiger partial charge in [0.1, 0.15) is 11.3 Å². The zero-order valence-electron chi connectivity index (χ0n) is 16.6. The van der Waals surface area contributed by atoms with E-state index < -0.39 is 11.8 Å². The number of amides is 2. The van der Waals surface area contributed by atoms with E-state index in [9.17, 15) is 9.59 Å². The summed E-state index contributed by atoms with van der Waals surface area (Å²) in [7, 11) is 3.80. The second-order valence-electron chi connectivity index (χ2n) is 7.21. The molecular formula is C22H25N3O3. The summed E-state index contributed by atoms with van der Waals surface area (Å²) in [5.74, 6) is -0.629. The number of anilines is 1. The Morgan fingerprint density at radius 3 is 2.32 bits per heavy atom. The molecule has 6 nitrogen and oxygen atoms in total. The van der Waals surface area contributed by atoms with Crippen LogP contribution in [-0.4, -0.2) is 37.4 Å². The van der Waals surface area contributed by atoms with Crippen LogP contribution in [0.4, 0.5) is 5.69 Å². The van der Waals surface area contributed by atoms with Crippen molar-refractivity contribution in [1.29, 1.82) is 0 Å². The van der Waals surface area contributed by atoms with E-state index in [0.717, 1.165) is 27.9 Å². The Morgan fingerprint density at radius 1 is 1.00 bits per heavy atom. The van der Waals surface area contributed by atoms with Crippen LogP contribution in [-0.2, 0) is 9.59 Å². The third kappa shape index (κ3) is 4.58. The van der Waals surface area contributed by atoms with Crippen molar-refractivity contribution in [3.8, 4) is 0 Å². The van der Waals surface area contributed by atoms with Crippen LogP contribution in [0.15, 0.2) is 52.9 Å². The van der Waals surface area contributed by atoms with Crippen molar-refractivity contribution in [2.45, 2.75) is 19.9 Å². The fraction of sp³-hybridized carbons (Fsp3) is 0.273. The highest BCUT2D eigenvalue weighted by Gasteiger charge is 2.22. The molecule has 1 atom stereocenters. The fourth-order valence-corrected chi connectivity index (χ4v) is 3.21. The molecule has 6 heteroatoms. The third-order valence-electron chi connectivity index (χ3n) is 4.54. The summed E-state index contributed by atoms with van der Waals surface area (Å²) in [5.41, 5.74) is 3.45. The van der Waals surface area contributed by atoms with E-state index in [1.54, 1.807) is 0 Å². The quantitative estimate of drug-likeness (QED) is 0.666. The first-order valence-corrected chi connectivity index (χ1v) is 9.16. The van der Waals surface area contributed by atoms with E-state index in [-0.39, 0.29) is 12.6 Å². The molecule has 0 aliphatic rings. The predicted octanol–water partition coefficient (Wildman–Crippen LogP) is 3.41. The van der Waals surface area contributed by atoms with Gasteiger partial charge in [0.15, 0.2) is 0 Å². The summed E-state index contributed by atoms with van der Waals surface area (Å²) in [5, 5.41) is 6.36. The molecule has 0 radical (unpaired) electrons. The van der Waals surface area contributed by atoms with Gasteiger partial charge in [-0.15, -0.1) is 0 Å². The monoisotopic (exact) mass is 379 g/mol. The van der Waals surface area contributed by atoms with E-state index in [2.05, 4.69) is 10.6 Å². The van der Waals surface area contributed by atoms with Crippen LogP contribution in [0.5, 0.6) is 0 Å². The van der Waals surface area contributed by atoms with Crippen LogP contribution in [0, 0.1) is 13.8 Å². The number of carbonyl (C=O) groups excluding carboxylic acids is 2. The Kier molecular flexibility index (Phi) is 5.80. The lowest BCUT2D eigenvalue weighted by atomic mass is 10.1. The molecular weight excluding hydrogens is 354 g/mol. The molecule has 0 fully saturated rings. The summed E-state index contributed by atoms with van der Waals surface area (Å²) in [6, 6.07) is 15.2. The topological polar surface area (TPSA) is 74.6 Å². The number of fused-ring (bicyclic) bond motifs is 1. The number of furan rings is 1. The normalized spacial score (nSPS) is 12.2. The molecule has 1 unspecified atom stereocenters. The number of likely N-dealkylation sites (N-methyl/N-ethyl adjacent to an activating group) is 1. The molecule has 3 aromatic rings. The number of nitrogens with one attached hydrogen (secondary N) is 2. The Balaban J connectivity index is 1.65. The maximum absolute atomic E-state index is 12.3. The van der Waals surface area contributed by atoms with Crippen molar-refractivity contribution in [2.24, 2.45) is 0 Å². The first-order valence-electron chi connectivity index (χ1n) is 9.16. The van der Waals surface area contributed by atoms with Crippen molar-refractivity contribution < 1.29 is 14.0 Å². The number of para-hydroxylation sites is 1. The minimum absolute atomic E-state index is 0.189. The summed E-state index contributed by atoms with van der Waals surface area (Å²) in [4.78, 5) is 26.5. The van der Waals surface area contributed by atoms with E-state index in [4.69, 9.17) is 4.42 Å². The van der Waals surface area contributed by atoms with Crippen molar-refractivity contribution in [3.05, 3.63) is 65.4 Å². The minimum Gasteiger partial charge on any atom is -0.459 e. The van der Waals surface area contributed by atoms with Crippen LogP contribution in [0.1, 0.15) is 22.9 Å². The van der Waals surface area contributed by atoms with Crippen LogP contribution < -0.4 is 10.6 Å². The molecule has 1 aromatic heterocycles. The lowest BCUT2D eigenvalue weighted by molar-refractivity contribution is -0.136. The Morgan fingerprint density at radius 2 is 1.68 bits per heavy atom. The average Bonchev–Trinajstić information content (AvgIpc) is 3.04. The maximum Gasteiger partial charge on any atom is 0.313 e. The Labute approximate surface area is 164 Å². The number of carbonyl (C=O) groups is 2. The standard InChI is InChI=1S/C22H25N3O3/c1-14-9-15(2)11-17(10-14)24-22(27)21(26)23-13-18(25(3)4)20-12-16-7-5-6-8-19(16)28-20/h5-12,18H,13H2,1-4H3,(H,23,26)(H,24,27). The SMILES string of the molecule is Cc1cc(C)cc(NC(=O)C(=O)NCC(c2cc3ccccc3o2)N(C)C)c1. The molecule has 146 valence electrons. The van der Waals surface area contributed by atoms with Crippen LogP contribution in [0.3, 0.4) is 0 Å². The largest absolute Gasteiger partial charge is 0.459 e. The minimum atomic E-state index is -0.688. The van der Waals surface area contributed by atoms with Gasteiger partial charge in [0.2, 0.25) is 0 Å². The van der Waals surface area contributed by atoms with E-state index in [0.29, 0.717) is 5.69 Å². The highest BCUT2D eigenvalue weighted by molar-refractivity contribution is 6.39. The fourth-order valence-electron chi connectivity index (χ4n) is 3.21. The van der Waals surface area contributed by atoms with Gasteiger partial charge in [-0.2, -0.15) is 0 Å². The molecule has 3 rings (SSSR count). The van der Waals surface area contributed by atoms with E-state index in [1.807, 2.05) is 81.4 Å². The molecule has 0 aliphatic heterocycles. The van der Waals surface area contributed by atoms with Gasteiger partial charge in [0, 0.05) is 17.6 Å². The Hall–Kier alpha value is -3.12. The van der Waals surface area contributed by atoms with Crippen molar-refractivity contribution in [1.82, 2.24) is 10.2 Å². The van der Waals surface area contributed by atoms with Gasteiger partial charge in [-0.1, -0.05) is 24.3 Å². The van der Waals surface area contributed by atoms with Gasteiger partial charge >= 0.3 is 11.8 Å². The van der Waals surface area contributed by atoms with Crippen molar-refractivity contribution in [3.63, 3.8) is 0 Å². The summed E-state index contributed by atoms with van der Waals surface area (Å²) < 4.78 is 5.91. The molecule has 0 saturated carbocycles. The number of hydrogen-bond donors (Lipinski definition) is 2. The van der Waals surface area contributed by atoms with E-state index >= 15 is 0 Å². The van der Waals surface area contributed by atoms with Crippen LogP contribution in [0.25, 0.3) is 11.0 Å². The zero-order valence-corrected chi connectivity index (χ0v) is 16.6. The van der Waals surface area contributed by atoms with Crippen molar-refractivity contribution in [2.75, 3.05) is 26.0 Å². The lowest BCUT2D eigenvalue weighted by Gasteiger charge is -2.22. The first kappa shape index (κ1) is 19.6. The highest BCUT2D eigenvalue weighted by Crippen LogP contribution is 2.26. The Bertz CT molecular complexity index is 954. The number of aryl methyl sites for hydroxylation is 2. The lowest BCUT2D eigenvalue weighted by Crippen LogP contribution is -2.40. The van der Waals surface area contributed by atoms with Crippen LogP contribution in [0.2, 0.25) is 0 Å². The summed E-state index contributed by atoms with van der Waals surface area (Å²) in [6.45, 7) is 4.14.